The molecule has 1 aliphatic heterocycles. The smallest absolute Gasteiger partial charge is 0.306 e. The molecule has 0 amide bonds. The van der Waals surface area contributed by atoms with E-state index in [4.69, 9.17) is 9.47 Å². The van der Waals surface area contributed by atoms with Gasteiger partial charge < -0.3 is 14.0 Å². The van der Waals surface area contributed by atoms with Gasteiger partial charge in [0.25, 0.3) is 0 Å². The van der Waals surface area contributed by atoms with Gasteiger partial charge in [-0.1, -0.05) is 13.3 Å². The minimum atomic E-state index is -3.62. The molecule has 10 heteroatoms. The second-order valence-corrected chi connectivity index (χ2v) is 9.50. The van der Waals surface area contributed by atoms with Gasteiger partial charge in [-0.05, 0) is 31.5 Å². The summed E-state index contributed by atoms with van der Waals surface area (Å²) in [5.74, 6) is 0.0292. The second-order valence-electron chi connectivity index (χ2n) is 7.56. The lowest BCUT2D eigenvalue weighted by molar-refractivity contribution is -0.147. The first-order valence-electron chi connectivity index (χ1n) is 10.5. The molecule has 0 bridgehead atoms. The van der Waals surface area contributed by atoms with Crippen molar-refractivity contribution in [3.8, 4) is 0 Å². The van der Waals surface area contributed by atoms with Crippen molar-refractivity contribution < 1.29 is 27.5 Å². The molecule has 0 atom stereocenters. The fourth-order valence-electron chi connectivity index (χ4n) is 3.48. The van der Waals surface area contributed by atoms with E-state index in [1.54, 1.807) is 18.2 Å². The fourth-order valence-corrected chi connectivity index (χ4v) is 4.91. The van der Waals surface area contributed by atoms with E-state index in [1.165, 1.54) is 11.2 Å². The monoisotopic (exact) mass is 451 g/mol. The van der Waals surface area contributed by atoms with Crippen molar-refractivity contribution in [3.63, 3.8) is 0 Å². The number of hydrogen-bond acceptors (Lipinski definition) is 7. The zero-order valence-electron chi connectivity index (χ0n) is 18.0. The number of carbonyl (C=O) groups is 2. The molecule has 1 aromatic carbocycles. The number of carbonyl (C=O) groups excluding carboxylic acids is 2. The van der Waals surface area contributed by atoms with E-state index in [9.17, 15) is 18.0 Å². The molecule has 0 unspecified atom stereocenters. The van der Waals surface area contributed by atoms with Gasteiger partial charge in [0.15, 0.2) is 5.78 Å². The highest BCUT2D eigenvalue weighted by atomic mass is 32.2. The summed E-state index contributed by atoms with van der Waals surface area (Å²) in [6.45, 7) is 5.38. The van der Waals surface area contributed by atoms with Crippen molar-refractivity contribution in [2.45, 2.75) is 51.0 Å². The molecule has 170 valence electrons. The van der Waals surface area contributed by atoms with Crippen LogP contribution in [0.5, 0.6) is 0 Å². The van der Waals surface area contributed by atoms with Crippen molar-refractivity contribution in [2.75, 3.05) is 32.9 Å². The van der Waals surface area contributed by atoms with Crippen LogP contribution in [0.1, 0.15) is 38.9 Å². The van der Waals surface area contributed by atoms with E-state index in [1.807, 2.05) is 4.57 Å². The SMILES string of the molecule is CCCCn1c(CCC(=O)OCC(C)=O)nc2cc(S(=O)(=O)N3CCOCC3)ccc21. The number of imidazole rings is 1. The molecule has 0 spiro atoms. The average Bonchev–Trinajstić information content (AvgIpc) is 3.12. The molecule has 0 radical (unpaired) electrons. The van der Waals surface area contributed by atoms with Crippen molar-refractivity contribution in [2.24, 2.45) is 0 Å². The van der Waals surface area contributed by atoms with Crippen LogP contribution in [-0.2, 0) is 42.1 Å². The summed E-state index contributed by atoms with van der Waals surface area (Å²) in [7, 11) is -3.62. The Hall–Kier alpha value is -2.30. The quantitative estimate of drug-likeness (QED) is 0.508. The van der Waals surface area contributed by atoms with E-state index >= 15 is 0 Å². The van der Waals surface area contributed by atoms with Crippen molar-refractivity contribution in [1.29, 1.82) is 0 Å². The Morgan fingerprint density at radius 2 is 1.97 bits per heavy atom. The first kappa shape index (κ1) is 23.4. The molecule has 2 heterocycles. The molecule has 31 heavy (non-hydrogen) atoms. The number of Topliss-reactive ketones (excluding diaryl/α,β-unsaturated/α-hetero) is 1. The van der Waals surface area contributed by atoms with Crippen LogP contribution in [0, 0.1) is 0 Å². The summed E-state index contributed by atoms with van der Waals surface area (Å²) in [5.41, 5.74) is 1.42. The lowest BCUT2D eigenvalue weighted by Gasteiger charge is -2.26. The molecular formula is C21H29N3O6S. The Kier molecular flexibility index (Phi) is 7.79. The predicted molar refractivity (Wildman–Crippen MR) is 114 cm³/mol. The van der Waals surface area contributed by atoms with Crippen LogP contribution in [0.2, 0.25) is 0 Å². The predicted octanol–water partition coefficient (Wildman–Crippen LogP) is 1.92. The highest BCUT2D eigenvalue weighted by Crippen LogP contribution is 2.24. The zero-order valence-corrected chi connectivity index (χ0v) is 18.8. The van der Waals surface area contributed by atoms with Gasteiger partial charge in [-0.3, -0.25) is 9.59 Å². The molecule has 0 aliphatic carbocycles. The van der Waals surface area contributed by atoms with Gasteiger partial charge in [0.2, 0.25) is 10.0 Å². The lowest BCUT2D eigenvalue weighted by Crippen LogP contribution is -2.40. The van der Waals surface area contributed by atoms with Gasteiger partial charge in [-0.25, -0.2) is 13.4 Å². The number of esters is 1. The van der Waals surface area contributed by atoms with Crippen molar-refractivity contribution in [1.82, 2.24) is 13.9 Å². The maximum Gasteiger partial charge on any atom is 0.306 e. The maximum absolute atomic E-state index is 13.0. The Morgan fingerprint density at radius 3 is 2.65 bits per heavy atom. The Morgan fingerprint density at radius 1 is 1.23 bits per heavy atom. The van der Waals surface area contributed by atoms with Crippen LogP contribution in [0.15, 0.2) is 23.1 Å². The number of hydrogen-bond donors (Lipinski definition) is 0. The Bertz CT molecular complexity index is 1040. The largest absolute Gasteiger partial charge is 0.458 e. The third-order valence-electron chi connectivity index (χ3n) is 5.13. The molecule has 2 aromatic rings. The number of aromatic nitrogens is 2. The van der Waals surface area contributed by atoms with Crippen LogP contribution in [0.25, 0.3) is 11.0 Å². The van der Waals surface area contributed by atoms with Crippen LogP contribution in [0.4, 0.5) is 0 Å². The summed E-state index contributed by atoms with van der Waals surface area (Å²) < 4.78 is 39.6. The van der Waals surface area contributed by atoms with E-state index in [0.29, 0.717) is 44.1 Å². The maximum atomic E-state index is 13.0. The summed E-state index contributed by atoms with van der Waals surface area (Å²) >= 11 is 0. The molecule has 1 fully saturated rings. The van der Waals surface area contributed by atoms with Gasteiger partial charge in [0.05, 0.1) is 35.6 Å². The second kappa shape index (κ2) is 10.3. The number of rotatable bonds is 10. The van der Waals surface area contributed by atoms with Gasteiger partial charge in [-0.15, -0.1) is 0 Å². The van der Waals surface area contributed by atoms with Crippen molar-refractivity contribution in [3.05, 3.63) is 24.0 Å². The third-order valence-corrected chi connectivity index (χ3v) is 7.03. The van der Waals surface area contributed by atoms with Gasteiger partial charge in [0, 0.05) is 26.1 Å². The van der Waals surface area contributed by atoms with E-state index in [0.717, 1.165) is 24.9 Å². The minimum Gasteiger partial charge on any atom is -0.458 e. The van der Waals surface area contributed by atoms with Crippen LogP contribution in [-0.4, -0.2) is 66.9 Å². The summed E-state index contributed by atoms with van der Waals surface area (Å²) in [4.78, 5) is 27.7. The molecule has 1 aromatic heterocycles. The molecule has 9 nitrogen and oxygen atoms in total. The fraction of sp³-hybridized carbons (Fsp3) is 0.571. The topological polar surface area (TPSA) is 108 Å². The van der Waals surface area contributed by atoms with Crippen LogP contribution >= 0.6 is 0 Å². The molecule has 0 saturated carbocycles. The number of fused-ring (bicyclic) bond motifs is 1. The summed E-state index contributed by atoms with van der Waals surface area (Å²) in [6.07, 6.45) is 2.37. The van der Waals surface area contributed by atoms with Gasteiger partial charge >= 0.3 is 5.97 Å². The lowest BCUT2D eigenvalue weighted by atomic mass is 10.2. The third kappa shape index (κ3) is 5.69. The number of ether oxygens (including phenoxy) is 2. The molecular weight excluding hydrogens is 422 g/mol. The van der Waals surface area contributed by atoms with E-state index in [-0.39, 0.29) is 23.7 Å². The molecule has 1 aliphatic rings. The number of sulfonamides is 1. The number of aryl methyl sites for hydroxylation is 2. The first-order valence-corrected chi connectivity index (χ1v) is 12.0. The van der Waals surface area contributed by atoms with Gasteiger partial charge in [0.1, 0.15) is 12.4 Å². The number of unbranched alkanes of at least 4 members (excludes halogenated alkanes) is 1. The normalized spacial score (nSPS) is 15.3. The molecule has 0 N–H and O–H groups in total. The Balaban J connectivity index is 1.86. The Labute approximate surface area is 182 Å². The van der Waals surface area contributed by atoms with Gasteiger partial charge in [-0.2, -0.15) is 4.31 Å². The number of ketones is 1. The average molecular weight is 452 g/mol. The summed E-state index contributed by atoms with van der Waals surface area (Å²) in [6, 6.07) is 4.99. The summed E-state index contributed by atoms with van der Waals surface area (Å²) in [5, 5.41) is 0. The highest BCUT2D eigenvalue weighted by Gasteiger charge is 2.27. The van der Waals surface area contributed by atoms with E-state index < -0.39 is 16.0 Å². The number of morpholine rings is 1. The zero-order chi connectivity index (χ0) is 22.4. The van der Waals surface area contributed by atoms with Crippen molar-refractivity contribution >= 4 is 32.8 Å². The standard InChI is InChI=1S/C21H29N3O6S/c1-3-4-9-24-19-6-5-17(31(27,28)23-10-12-29-13-11-23)14-18(19)22-20(24)7-8-21(26)30-15-16(2)25/h5-6,14H,3-4,7-13,15H2,1-2H3. The first-order chi connectivity index (χ1) is 14.8. The minimum absolute atomic E-state index is 0.0989. The van der Waals surface area contributed by atoms with Crippen LogP contribution < -0.4 is 0 Å². The van der Waals surface area contributed by atoms with Crippen LogP contribution in [0.3, 0.4) is 0 Å². The van der Waals surface area contributed by atoms with E-state index in [2.05, 4.69) is 11.9 Å². The number of benzene rings is 1. The highest BCUT2D eigenvalue weighted by molar-refractivity contribution is 7.89. The number of nitrogens with zero attached hydrogens (tertiary/aromatic N) is 3. The molecule has 3 rings (SSSR count). The molecule has 1 saturated heterocycles.